The third kappa shape index (κ3) is 3.92. The van der Waals surface area contributed by atoms with E-state index in [1.54, 1.807) is 25.4 Å². The molecule has 0 aliphatic rings. The van der Waals surface area contributed by atoms with Gasteiger partial charge in [-0.2, -0.15) is 0 Å². The maximum absolute atomic E-state index is 11.9. The highest BCUT2D eigenvalue weighted by molar-refractivity contribution is 14.1. The van der Waals surface area contributed by atoms with Crippen molar-refractivity contribution in [3.8, 4) is 0 Å². The van der Waals surface area contributed by atoms with Gasteiger partial charge in [-0.1, -0.05) is 13.8 Å². The van der Waals surface area contributed by atoms with Gasteiger partial charge in [0.15, 0.2) is 0 Å². The Kier molecular flexibility index (Phi) is 4.88. The Labute approximate surface area is 115 Å². The quantitative estimate of drug-likeness (QED) is 0.816. The van der Waals surface area contributed by atoms with Gasteiger partial charge in [0.2, 0.25) is 0 Å². The van der Waals surface area contributed by atoms with E-state index in [9.17, 15) is 9.90 Å². The lowest BCUT2D eigenvalue weighted by atomic mass is 9.92. The molecule has 1 aromatic heterocycles. The molecule has 94 valence electrons. The Balaban J connectivity index is 2.66. The summed E-state index contributed by atoms with van der Waals surface area (Å²) in [7, 11) is 0. The Morgan fingerprint density at radius 2 is 2.29 bits per heavy atom. The zero-order valence-corrected chi connectivity index (χ0v) is 12.4. The maximum Gasteiger partial charge on any atom is 0.252 e. The van der Waals surface area contributed by atoms with Crippen LogP contribution in [0.15, 0.2) is 18.5 Å². The van der Waals surface area contributed by atoms with Crippen molar-refractivity contribution < 1.29 is 9.90 Å². The Morgan fingerprint density at radius 3 is 2.82 bits per heavy atom. The predicted octanol–water partition coefficient (Wildman–Crippen LogP) is 1.82. The summed E-state index contributed by atoms with van der Waals surface area (Å²) in [6, 6.07) is 1.67. The number of nitrogens with zero attached hydrogens (tertiary/aromatic N) is 1. The predicted molar refractivity (Wildman–Crippen MR) is 74.7 cm³/mol. The van der Waals surface area contributed by atoms with E-state index in [0.717, 1.165) is 3.57 Å². The molecular weight excluding hydrogens is 331 g/mol. The van der Waals surface area contributed by atoms with Crippen LogP contribution in [0.4, 0.5) is 0 Å². The Bertz CT molecular complexity index is 405. The van der Waals surface area contributed by atoms with Gasteiger partial charge in [-0.15, -0.1) is 0 Å². The number of aliphatic hydroxyl groups is 1. The van der Waals surface area contributed by atoms with E-state index in [-0.39, 0.29) is 18.4 Å². The molecule has 5 heteroatoms. The van der Waals surface area contributed by atoms with E-state index in [2.05, 4.69) is 32.9 Å². The highest BCUT2D eigenvalue weighted by Crippen LogP contribution is 2.15. The first-order chi connectivity index (χ1) is 7.84. The van der Waals surface area contributed by atoms with Crippen molar-refractivity contribution in [1.82, 2.24) is 10.3 Å². The summed E-state index contributed by atoms with van der Waals surface area (Å²) in [5.74, 6) is -0.1000. The van der Waals surface area contributed by atoms with E-state index >= 15 is 0 Å². The summed E-state index contributed by atoms with van der Waals surface area (Å²) in [5.41, 5.74) is -0.311. The summed E-state index contributed by atoms with van der Waals surface area (Å²) in [4.78, 5) is 15.8. The normalized spacial score (nSPS) is 14.5. The van der Waals surface area contributed by atoms with Crippen molar-refractivity contribution in [3.05, 3.63) is 27.6 Å². The van der Waals surface area contributed by atoms with E-state index in [0.29, 0.717) is 5.56 Å². The summed E-state index contributed by atoms with van der Waals surface area (Å²) < 4.78 is 0.798. The van der Waals surface area contributed by atoms with Gasteiger partial charge in [-0.3, -0.25) is 9.78 Å². The fourth-order valence-electron chi connectivity index (χ4n) is 1.12. The lowest BCUT2D eigenvalue weighted by Crippen LogP contribution is -2.44. The second-order valence-electron chi connectivity index (χ2n) is 4.55. The topological polar surface area (TPSA) is 62.2 Å². The first-order valence-corrected chi connectivity index (χ1v) is 6.52. The number of carbonyl (C=O) groups is 1. The van der Waals surface area contributed by atoms with Crippen LogP contribution in [0, 0.1) is 9.49 Å². The maximum atomic E-state index is 11.9. The van der Waals surface area contributed by atoms with Crippen molar-refractivity contribution in [2.24, 2.45) is 5.92 Å². The molecule has 0 radical (unpaired) electrons. The van der Waals surface area contributed by atoms with Crippen molar-refractivity contribution >= 4 is 28.5 Å². The first kappa shape index (κ1) is 14.4. The van der Waals surface area contributed by atoms with Crippen LogP contribution in [0.5, 0.6) is 0 Å². The van der Waals surface area contributed by atoms with Gasteiger partial charge < -0.3 is 10.4 Å². The summed E-state index contributed by atoms with van der Waals surface area (Å²) in [6.07, 6.45) is 3.22. The van der Waals surface area contributed by atoms with Gasteiger partial charge in [-0.25, -0.2) is 0 Å². The number of aromatic nitrogens is 1. The number of carbonyl (C=O) groups excluding carboxylic acids is 1. The number of halogens is 1. The molecule has 0 spiro atoms. The minimum Gasteiger partial charge on any atom is -0.388 e. The van der Waals surface area contributed by atoms with Crippen LogP contribution in [-0.4, -0.2) is 28.1 Å². The molecule has 0 fully saturated rings. The van der Waals surface area contributed by atoms with Gasteiger partial charge in [0.1, 0.15) is 0 Å². The number of hydrogen-bond donors (Lipinski definition) is 2. The summed E-state index contributed by atoms with van der Waals surface area (Å²) in [6.45, 7) is 5.79. The van der Waals surface area contributed by atoms with Gasteiger partial charge in [-0.05, 0) is 41.5 Å². The molecule has 1 aromatic rings. The SMILES string of the molecule is CC(C)C(C)(O)CNC(=O)c1ccncc1I. The fourth-order valence-corrected chi connectivity index (χ4v) is 1.70. The number of amides is 1. The lowest BCUT2D eigenvalue weighted by Gasteiger charge is -2.27. The molecule has 0 aliphatic carbocycles. The van der Waals surface area contributed by atoms with Crippen LogP contribution in [-0.2, 0) is 0 Å². The van der Waals surface area contributed by atoms with Gasteiger partial charge in [0, 0.05) is 22.5 Å². The standard InChI is InChI=1S/C12H17IN2O2/c1-8(2)12(3,17)7-15-11(16)9-4-5-14-6-10(9)13/h4-6,8,17H,7H2,1-3H3,(H,15,16). The molecule has 1 atom stereocenters. The number of pyridine rings is 1. The minimum absolute atomic E-state index is 0.0827. The molecule has 0 saturated carbocycles. The van der Waals surface area contributed by atoms with Gasteiger partial charge in [0.25, 0.3) is 5.91 Å². The largest absolute Gasteiger partial charge is 0.388 e. The van der Waals surface area contributed by atoms with Gasteiger partial charge in [0.05, 0.1) is 11.2 Å². The van der Waals surface area contributed by atoms with E-state index in [4.69, 9.17) is 0 Å². The average molecular weight is 348 g/mol. The van der Waals surface area contributed by atoms with Crippen molar-refractivity contribution in [2.75, 3.05) is 6.54 Å². The van der Waals surface area contributed by atoms with E-state index in [1.807, 2.05) is 13.8 Å². The van der Waals surface area contributed by atoms with Crippen LogP contribution < -0.4 is 5.32 Å². The highest BCUT2D eigenvalue weighted by Gasteiger charge is 2.25. The zero-order valence-electron chi connectivity index (χ0n) is 10.2. The third-order valence-electron chi connectivity index (χ3n) is 2.87. The lowest BCUT2D eigenvalue weighted by molar-refractivity contribution is 0.0142. The molecule has 0 saturated heterocycles. The third-order valence-corrected chi connectivity index (χ3v) is 3.73. The Morgan fingerprint density at radius 1 is 1.65 bits per heavy atom. The summed E-state index contributed by atoms with van der Waals surface area (Å²) >= 11 is 2.06. The van der Waals surface area contributed by atoms with Crippen LogP contribution >= 0.6 is 22.6 Å². The molecule has 0 bridgehead atoms. The first-order valence-electron chi connectivity index (χ1n) is 5.44. The smallest absolute Gasteiger partial charge is 0.252 e. The molecule has 1 amide bonds. The average Bonchev–Trinajstić information content (AvgIpc) is 2.26. The highest BCUT2D eigenvalue weighted by atomic mass is 127. The molecule has 2 N–H and O–H groups in total. The molecular formula is C12H17IN2O2. The molecule has 0 aromatic carbocycles. The van der Waals surface area contributed by atoms with Crippen LogP contribution in [0.2, 0.25) is 0 Å². The second-order valence-corrected chi connectivity index (χ2v) is 5.71. The molecule has 4 nitrogen and oxygen atoms in total. The van der Waals surface area contributed by atoms with E-state index in [1.165, 1.54) is 0 Å². The van der Waals surface area contributed by atoms with E-state index < -0.39 is 5.60 Å². The summed E-state index contributed by atoms with van der Waals surface area (Å²) in [5, 5.41) is 12.8. The van der Waals surface area contributed by atoms with Gasteiger partial charge >= 0.3 is 0 Å². The van der Waals surface area contributed by atoms with Crippen molar-refractivity contribution in [2.45, 2.75) is 26.4 Å². The molecule has 17 heavy (non-hydrogen) atoms. The minimum atomic E-state index is -0.895. The molecule has 1 rings (SSSR count). The number of rotatable bonds is 4. The second kappa shape index (κ2) is 5.77. The zero-order chi connectivity index (χ0) is 13.1. The van der Waals surface area contributed by atoms with Crippen molar-refractivity contribution in [3.63, 3.8) is 0 Å². The number of nitrogens with one attached hydrogen (secondary N) is 1. The van der Waals surface area contributed by atoms with Crippen molar-refractivity contribution in [1.29, 1.82) is 0 Å². The monoisotopic (exact) mass is 348 g/mol. The fraction of sp³-hybridized carbons (Fsp3) is 0.500. The van der Waals surface area contributed by atoms with Crippen LogP contribution in [0.3, 0.4) is 0 Å². The van der Waals surface area contributed by atoms with Crippen LogP contribution in [0.25, 0.3) is 0 Å². The Hall–Kier alpha value is -0.690. The number of hydrogen-bond acceptors (Lipinski definition) is 3. The molecule has 1 heterocycles. The molecule has 1 unspecified atom stereocenters. The molecule has 0 aliphatic heterocycles. The van der Waals surface area contributed by atoms with Crippen LogP contribution in [0.1, 0.15) is 31.1 Å².